The summed E-state index contributed by atoms with van der Waals surface area (Å²) in [5.41, 5.74) is 13.2. The second-order valence-corrected chi connectivity index (χ2v) is 40.9. The third-order valence-corrected chi connectivity index (χ3v) is 29.1. The summed E-state index contributed by atoms with van der Waals surface area (Å²) >= 11 is 7.11. The van der Waals surface area contributed by atoms with Crippen LogP contribution in [-0.2, 0) is 48.1 Å². The molecule has 3 fully saturated rings. The zero-order chi connectivity index (χ0) is 100. The summed E-state index contributed by atoms with van der Waals surface area (Å²) in [5, 5.41) is 66.6. The van der Waals surface area contributed by atoms with E-state index in [0.717, 1.165) is 168 Å². The smallest absolute Gasteiger partial charge is 0.267 e. The van der Waals surface area contributed by atoms with Gasteiger partial charge < -0.3 is 65.0 Å². The van der Waals surface area contributed by atoms with Gasteiger partial charge in [0.05, 0.1) is 111 Å². The number of nitrogens with two attached hydrogens (primary N) is 1. The molecule has 3 saturated heterocycles. The Morgan fingerprint density at radius 2 is 1.42 bits per heavy atom. The lowest BCUT2D eigenvalue weighted by Gasteiger charge is -2.38. The highest BCUT2D eigenvalue weighted by Gasteiger charge is 2.61. The number of morpholine rings is 1. The number of ketones is 1. The van der Waals surface area contributed by atoms with Crippen molar-refractivity contribution >= 4 is 150 Å². The molecule has 0 unspecified atom stereocenters. The number of H-pyrrole nitrogens is 1. The summed E-state index contributed by atoms with van der Waals surface area (Å²) in [6.45, 7) is 19.8. The molecule has 0 saturated carbocycles. The molecule has 1 aliphatic carbocycles. The lowest BCUT2D eigenvalue weighted by molar-refractivity contribution is -0.189. The van der Waals surface area contributed by atoms with Crippen molar-refractivity contribution < 1.29 is 55.2 Å². The van der Waals surface area contributed by atoms with Crippen molar-refractivity contribution in [3.63, 3.8) is 0 Å². The Kier molecular flexibility index (Phi) is 28.8. The summed E-state index contributed by atoms with van der Waals surface area (Å²) in [7, 11) is -7.42. The molecule has 2 bridgehead atoms. The number of ether oxygens (including phenoxy) is 3. The zero-order valence-electron chi connectivity index (χ0n) is 79.1. The fraction of sp³-hybridized carbons (Fsp3) is 0.275. The zero-order valence-corrected chi connectivity index (χ0v) is 82.3. The number of nitriles is 1. The summed E-state index contributed by atoms with van der Waals surface area (Å²) < 4.78 is 86.8. The summed E-state index contributed by atoms with van der Waals surface area (Å²) in [6, 6.07) is 60.8. The molecule has 22 rings (SSSR count). The predicted molar refractivity (Wildman–Crippen MR) is 546 cm³/mol. The number of primary sulfonamides is 1. The molecule has 41 heteroatoms. The van der Waals surface area contributed by atoms with Crippen LogP contribution in [0, 0.1) is 31.0 Å². The number of hydrogen-bond acceptors (Lipinski definition) is 30. The number of carbonyl (C=O) groups is 2. The van der Waals surface area contributed by atoms with Crippen LogP contribution in [0.15, 0.2) is 234 Å². The van der Waals surface area contributed by atoms with Gasteiger partial charge in [0.15, 0.2) is 17.3 Å². The monoisotopic (exact) mass is 2000 g/mol. The van der Waals surface area contributed by atoms with Gasteiger partial charge in [-0.15, -0.1) is 5.10 Å². The van der Waals surface area contributed by atoms with Crippen molar-refractivity contribution in [1.82, 2.24) is 88.7 Å². The van der Waals surface area contributed by atoms with Crippen LogP contribution in [0.5, 0.6) is 5.75 Å². The fourth-order valence-corrected chi connectivity index (χ4v) is 21.1. The molecular formula is C102H103ClFN25O11S3. The van der Waals surface area contributed by atoms with E-state index in [-0.39, 0.29) is 39.9 Å². The number of imidazole rings is 1. The van der Waals surface area contributed by atoms with Gasteiger partial charge in [-0.25, -0.2) is 75.5 Å². The standard InChI is InChI=1S/C27H36N6O3S.C27H22N2O4.C23H22N6O2.C15H15ClFN7.C10H8N4O2S2/c1-20-19-28-26(30-21-10-12-23(13-11-21)36-17-16-33-14-5-6-15-33)31-25(20)29-22-8-7-9-24(18-22)37(34,35)32-27(2,3)4;1-26-27(32,13-30)12-20(33-26)28-17-8-4-2-6-14(17)23-22-16(10-11-19(22)31)21-15-7-3-5-9-18(15)29(26)25(21)24(23)28;24-10-12-25-22(30)18-3-1-17(2-4-18)21-9-11-26-23(28-21)27-19-5-7-20(8-6-19)29-13-15-31-16-14-29;1-8-3-11(24-23-8)4-13-12(16)7-20-15(22-13)21-9(2)14-18-5-10(17)6-19-14;11-18(15,16)10-13-14-6-8(12-9(14)17-10)7-4-2-1-3-5-7/h7-13,18-19,32H,5-6,14-17H2,1-4H3,(H2,28,29,30,31);2-9,20,30,32H,10-13H2,1H3;1-9,11H,12-16H2,(H,25,30)(H,26,27,28);3,5-7,9H,4H2,1-2H3,(H,23,24)(H,20,21,22);1-6H,(H2,11,15,16)/t;20-,26+,27+;;9-;/m.1.0./s1. The number of benzene rings is 8. The number of carbonyl (C=O) groups excluding carboxylic acids is 2. The first-order valence-corrected chi connectivity index (χ1v) is 50.6. The molecule has 0 spiro atoms. The van der Waals surface area contributed by atoms with Gasteiger partial charge in [-0.05, 0) is 190 Å². The van der Waals surface area contributed by atoms with Crippen LogP contribution in [0.3, 0.4) is 0 Å². The Morgan fingerprint density at radius 1 is 0.741 bits per heavy atom. The number of aromatic nitrogens is 15. The molecule has 4 atom stereocenters. The van der Waals surface area contributed by atoms with E-state index in [1.165, 1.54) is 42.3 Å². The van der Waals surface area contributed by atoms with Gasteiger partial charge in [0, 0.05) is 135 Å². The van der Waals surface area contributed by atoms with Crippen molar-refractivity contribution in [2.24, 2.45) is 5.14 Å². The Labute approximate surface area is 831 Å². The number of likely N-dealkylation sites (tertiary alicyclic amines) is 1. The number of rotatable bonds is 24. The van der Waals surface area contributed by atoms with Crippen LogP contribution in [0.2, 0.25) is 5.02 Å². The molecule has 9 aromatic heterocycles. The lowest BCUT2D eigenvalue weighted by atomic mass is 9.89. The number of aliphatic hydroxyl groups is 2. The summed E-state index contributed by atoms with van der Waals surface area (Å²) in [6.07, 6.45) is 12.9. The topological polar surface area (TPSA) is 471 Å². The van der Waals surface area contributed by atoms with Gasteiger partial charge >= 0.3 is 0 Å². The van der Waals surface area contributed by atoms with Crippen molar-refractivity contribution in [3.8, 4) is 34.3 Å². The van der Waals surface area contributed by atoms with Gasteiger partial charge in [0.2, 0.25) is 37.2 Å². The molecule has 734 valence electrons. The minimum Gasteiger partial charge on any atom is -0.492 e. The number of para-hydroxylation sites is 2. The lowest BCUT2D eigenvalue weighted by Crippen LogP contribution is -2.53. The number of aryl methyl sites for hydroxylation is 3. The normalized spacial score (nSPS) is 16.7. The van der Waals surface area contributed by atoms with E-state index in [9.17, 15) is 41.0 Å². The SMILES string of the molecule is C[C@]12O[C@H](C[C@]1(O)CO)n1c3ccccc3c3c4c(c5c6ccccc6n2c5c31)CCC4=O.Cc1cc(Cc2nc(N[C@@H](C)c3ncc(F)cn3)ncc2Cl)n[nH]1.Cc1cnc(Nc2ccc(OCCN3CCCC3)cc2)nc1Nc1cccc(S(=O)(=O)NC(C)(C)C)c1.N#CCNC(=O)c1ccc(-c2ccnc(Nc3ccc(N4CCOCC4)cc3)n2)cc1.NS(=O)(=O)c1nn2cc(-c3ccccc3)nc2s1. The van der Waals surface area contributed by atoms with E-state index in [1.807, 2.05) is 176 Å². The number of aliphatic hydroxyl groups excluding tert-OH is 1. The van der Waals surface area contributed by atoms with E-state index in [1.54, 1.807) is 55.0 Å². The van der Waals surface area contributed by atoms with Crippen molar-refractivity contribution in [1.29, 1.82) is 5.26 Å². The number of nitrogens with zero attached hydrogens (tertiary/aromatic N) is 17. The first kappa shape index (κ1) is 98.4. The predicted octanol–water partition coefficient (Wildman–Crippen LogP) is 16.1. The van der Waals surface area contributed by atoms with Crippen LogP contribution < -0.4 is 46.1 Å². The molecule has 5 aliphatic rings. The van der Waals surface area contributed by atoms with Crippen LogP contribution in [0.1, 0.15) is 127 Å². The minimum atomic E-state index is -3.77. The van der Waals surface area contributed by atoms with Gasteiger partial charge in [-0.1, -0.05) is 108 Å². The van der Waals surface area contributed by atoms with Gasteiger partial charge in [-0.2, -0.15) is 15.3 Å². The largest absolute Gasteiger partial charge is 0.492 e. The maximum atomic E-state index is 13.3. The number of halogens is 2. The average Bonchev–Trinajstić information content (AvgIpc) is 1.49. The highest BCUT2D eigenvalue weighted by molar-refractivity contribution is 7.91. The van der Waals surface area contributed by atoms with Crippen LogP contribution >= 0.6 is 22.9 Å². The number of nitrogens with one attached hydrogen (secondary N) is 7. The third kappa shape index (κ3) is 21.9. The second-order valence-electron chi connectivity index (χ2n) is 36.1. The van der Waals surface area contributed by atoms with Crippen molar-refractivity contribution in [3.05, 3.63) is 281 Å². The molecular weight excluding hydrogens is 1900 g/mol. The number of aromatic amines is 1. The number of sulfonamides is 2. The molecule has 8 aromatic carbocycles. The van der Waals surface area contributed by atoms with Crippen LogP contribution in [-0.4, -0.2) is 194 Å². The Bertz CT molecular complexity index is 7820. The molecule has 4 aliphatic heterocycles. The summed E-state index contributed by atoms with van der Waals surface area (Å²) in [4.78, 5) is 69.3. The molecule has 0 radical (unpaired) electrons. The second kappa shape index (κ2) is 41.8. The van der Waals surface area contributed by atoms with E-state index in [4.69, 9.17) is 36.2 Å². The molecule has 143 heavy (non-hydrogen) atoms. The van der Waals surface area contributed by atoms with E-state index >= 15 is 0 Å². The average molecular weight is 2010 g/mol. The number of amides is 1. The Balaban J connectivity index is 0.000000120. The molecule has 1 amide bonds. The molecule has 17 aromatic rings. The first-order valence-electron chi connectivity index (χ1n) is 46.3. The Hall–Kier alpha value is -14.7. The quantitative estimate of drug-likeness (QED) is 0.0251. The molecule has 13 heterocycles. The van der Waals surface area contributed by atoms with Crippen molar-refractivity contribution in [2.45, 2.75) is 125 Å². The Morgan fingerprint density at radius 3 is 2.10 bits per heavy atom. The highest BCUT2D eigenvalue weighted by atomic mass is 35.5. The van der Waals surface area contributed by atoms with Gasteiger partial charge in [0.1, 0.15) is 42.4 Å². The molecule has 36 nitrogen and oxygen atoms in total. The fourth-order valence-electron chi connectivity index (χ4n) is 18.0. The van der Waals surface area contributed by atoms with Gasteiger partial charge in [0.25, 0.3) is 15.9 Å². The maximum absolute atomic E-state index is 13.3. The number of fused-ring (bicyclic) bond motifs is 14. The molecule has 11 N–H and O–H groups in total. The van der Waals surface area contributed by atoms with Crippen molar-refractivity contribution in [2.75, 3.05) is 91.9 Å². The van der Waals surface area contributed by atoms with Crippen LogP contribution in [0.4, 0.5) is 50.8 Å². The van der Waals surface area contributed by atoms with E-state index in [0.29, 0.717) is 82.3 Å². The highest BCUT2D eigenvalue weighted by Crippen LogP contribution is 2.58. The number of anilines is 8. The first-order chi connectivity index (χ1) is 68.8. The maximum Gasteiger partial charge on any atom is 0.267 e. The summed E-state index contributed by atoms with van der Waals surface area (Å²) in [5.74, 6) is 2.59. The van der Waals surface area contributed by atoms with Crippen LogP contribution in [0.25, 0.3) is 71.1 Å². The number of Topliss-reactive ketones (excluding diaryl/α,β-unsaturated/α-hetero) is 1. The van der Waals surface area contributed by atoms with E-state index in [2.05, 4.69) is 141 Å². The van der Waals surface area contributed by atoms with Gasteiger partial charge in [-0.3, -0.25) is 19.6 Å². The van der Waals surface area contributed by atoms with E-state index < -0.39 is 55.6 Å². The number of hydrogen-bond donors (Lipinski definition) is 10. The minimum absolute atomic E-state index is 0.0189. The third-order valence-electron chi connectivity index (χ3n) is 24.8.